The second-order valence-electron chi connectivity index (χ2n) is 4.12. The number of aliphatic hydroxyl groups is 1. The molecular weight excluding hydrogens is 283 g/mol. The summed E-state index contributed by atoms with van der Waals surface area (Å²) >= 11 is 11.3. The van der Waals surface area contributed by atoms with Crippen molar-refractivity contribution >= 4 is 23.2 Å². The van der Waals surface area contributed by atoms with E-state index in [1.807, 2.05) is 30.3 Å². The van der Waals surface area contributed by atoms with Gasteiger partial charge >= 0.3 is 0 Å². The van der Waals surface area contributed by atoms with Gasteiger partial charge in [0.2, 0.25) is 0 Å². The first-order chi connectivity index (χ1) is 9.16. The van der Waals surface area contributed by atoms with E-state index in [-0.39, 0.29) is 0 Å². The monoisotopic (exact) mass is 296 g/mol. The Labute approximate surface area is 122 Å². The molecule has 0 heterocycles. The Morgan fingerprint density at radius 3 is 2.16 bits per heavy atom. The van der Waals surface area contributed by atoms with Crippen LogP contribution >= 0.6 is 23.2 Å². The maximum atomic E-state index is 9.69. The predicted octanol–water partition coefficient (Wildman–Crippen LogP) is 4.10. The normalized spacial score (nSPS) is 12.4. The molecule has 0 aliphatic carbocycles. The molecule has 0 aliphatic rings. The fourth-order valence-electron chi connectivity index (χ4n) is 1.65. The topological polar surface area (TPSA) is 29.5 Å². The Morgan fingerprint density at radius 2 is 1.58 bits per heavy atom. The minimum absolute atomic E-state index is 0.510. The van der Waals surface area contributed by atoms with E-state index in [2.05, 4.69) is 0 Å². The molecule has 2 rings (SSSR count). The number of hydrogen-bond donors (Lipinski definition) is 1. The molecule has 1 unspecified atom stereocenters. The largest absolute Gasteiger partial charge is 0.489 e. The summed E-state index contributed by atoms with van der Waals surface area (Å²) in [6.07, 6.45) is -0.883. The van der Waals surface area contributed by atoms with Crippen LogP contribution in [0.4, 0.5) is 0 Å². The van der Waals surface area contributed by atoms with E-state index in [9.17, 15) is 5.11 Å². The number of alkyl halides is 2. The summed E-state index contributed by atoms with van der Waals surface area (Å²) in [5, 5.41) is 9.69. The van der Waals surface area contributed by atoms with E-state index in [4.69, 9.17) is 27.9 Å². The van der Waals surface area contributed by atoms with Crippen LogP contribution in [0.15, 0.2) is 54.6 Å². The first-order valence-corrected chi connectivity index (χ1v) is 6.77. The average Bonchev–Trinajstić information content (AvgIpc) is 2.46. The first kappa shape index (κ1) is 14.2. The third-order valence-electron chi connectivity index (χ3n) is 2.71. The zero-order chi connectivity index (χ0) is 13.7. The summed E-state index contributed by atoms with van der Waals surface area (Å²) < 4.78 is 5.64. The summed E-state index contributed by atoms with van der Waals surface area (Å²) in [5.74, 6) is 0.737. The van der Waals surface area contributed by atoms with Crippen molar-refractivity contribution in [3.63, 3.8) is 0 Å². The summed E-state index contributed by atoms with van der Waals surface area (Å²) in [6, 6.07) is 17.0. The van der Waals surface area contributed by atoms with Crippen molar-refractivity contribution in [2.75, 3.05) is 0 Å². The van der Waals surface area contributed by atoms with Crippen LogP contribution in [0.3, 0.4) is 0 Å². The number of benzene rings is 2. The molecule has 4 heteroatoms. The molecule has 0 radical (unpaired) electrons. The highest BCUT2D eigenvalue weighted by Gasteiger charge is 2.15. The van der Waals surface area contributed by atoms with Gasteiger partial charge in [-0.1, -0.05) is 42.5 Å². The van der Waals surface area contributed by atoms with Crippen LogP contribution in [-0.4, -0.2) is 9.94 Å². The fourth-order valence-corrected chi connectivity index (χ4v) is 1.94. The molecular formula is C15H14Cl2O2. The Bertz CT molecular complexity index is 497. The van der Waals surface area contributed by atoms with Crippen LogP contribution in [-0.2, 0) is 6.61 Å². The third kappa shape index (κ3) is 4.13. The molecule has 100 valence electrons. The summed E-state index contributed by atoms with van der Waals surface area (Å²) in [5.41, 5.74) is 1.77. The highest BCUT2D eigenvalue weighted by atomic mass is 35.5. The number of halogens is 2. The Hall–Kier alpha value is -1.22. The second kappa shape index (κ2) is 6.80. The molecule has 2 aromatic rings. The Kier molecular flexibility index (Phi) is 5.08. The predicted molar refractivity (Wildman–Crippen MR) is 77.7 cm³/mol. The van der Waals surface area contributed by atoms with Crippen LogP contribution in [0.1, 0.15) is 17.2 Å². The molecule has 0 aromatic heterocycles. The van der Waals surface area contributed by atoms with E-state index in [0.29, 0.717) is 12.2 Å². The minimum Gasteiger partial charge on any atom is -0.489 e. The Balaban J connectivity index is 1.96. The number of rotatable bonds is 5. The van der Waals surface area contributed by atoms with Gasteiger partial charge in [0.15, 0.2) is 0 Å². The lowest BCUT2D eigenvalue weighted by Gasteiger charge is -2.12. The number of aliphatic hydroxyl groups excluding tert-OH is 1. The van der Waals surface area contributed by atoms with Crippen molar-refractivity contribution in [2.24, 2.45) is 0 Å². The van der Waals surface area contributed by atoms with Gasteiger partial charge in [-0.25, -0.2) is 0 Å². The lowest BCUT2D eigenvalue weighted by atomic mass is 10.1. The van der Waals surface area contributed by atoms with Gasteiger partial charge in [-0.15, -0.1) is 23.2 Å². The molecule has 0 amide bonds. The van der Waals surface area contributed by atoms with Crippen molar-refractivity contribution < 1.29 is 9.84 Å². The van der Waals surface area contributed by atoms with Gasteiger partial charge in [-0.05, 0) is 23.3 Å². The van der Waals surface area contributed by atoms with E-state index in [0.717, 1.165) is 11.3 Å². The molecule has 0 bridgehead atoms. The van der Waals surface area contributed by atoms with Gasteiger partial charge < -0.3 is 9.84 Å². The van der Waals surface area contributed by atoms with E-state index in [1.165, 1.54) is 0 Å². The Morgan fingerprint density at radius 1 is 0.947 bits per heavy atom. The van der Waals surface area contributed by atoms with Crippen LogP contribution in [0.2, 0.25) is 0 Å². The van der Waals surface area contributed by atoms with Crippen LogP contribution < -0.4 is 4.74 Å². The molecule has 0 aliphatic heterocycles. The average molecular weight is 297 g/mol. The molecule has 0 spiro atoms. The molecule has 2 aromatic carbocycles. The maximum absolute atomic E-state index is 9.69. The highest BCUT2D eigenvalue weighted by Crippen LogP contribution is 2.25. The van der Waals surface area contributed by atoms with E-state index in [1.54, 1.807) is 24.3 Å². The molecule has 1 N–H and O–H groups in total. The van der Waals surface area contributed by atoms with Gasteiger partial charge in [0, 0.05) is 0 Å². The van der Waals surface area contributed by atoms with Gasteiger partial charge in [0.1, 0.15) is 23.3 Å². The maximum Gasteiger partial charge on any atom is 0.137 e. The van der Waals surface area contributed by atoms with Crippen molar-refractivity contribution in [1.29, 1.82) is 0 Å². The van der Waals surface area contributed by atoms with Gasteiger partial charge in [0.25, 0.3) is 0 Å². The first-order valence-electron chi connectivity index (χ1n) is 5.90. The quantitative estimate of drug-likeness (QED) is 0.842. The molecule has 1 atom stereocenters. The second-order valence-corrected chi connectivity index (χ2v) is 5.29. The fraction of sp³-hybridized carbons (Fsp3) is 0.200. The van der Waals surface area contributed by atoms with Crippen molar-refractivity contribution in [2.45, 2.75) is 17.5 Å². The van der Waals surface area contributed by atoms with E-state index >= 15 is 0 Å². The minimum atomic E-state index is -0.883. The third-order valence-corrected chi connectivity index (χ3v) is 3.19. The van der Waals surface area contributed by atoms with Crippen molar-refractivity contribution in [1.82, 2.24) is 0 Å². The molecule has 2 nitrogen and oxygen atoms in total. The van der Waals surface area contributed by atoms with Crippen molar-refractivity contribution in [3.05, 3.63) is 65.7 Å². The van der Waals surface area contributed by atoms with Gasteiger partial charge in [0.05, 0.1) is 0 Å². The summed E-state index contributed by atoms with van der Waals surface area (Å²) in [7, 11) is 0. The molecule has 0 fully saturated rings. The van der Waals surface area contributed by atoms with Gasteiger partial charge in [-0.3, -0.25) is 0 Å². The number of ether oxygens (including phenoxy) is 1. The SMILES string of the molecule is OC(c1ccc(OCc2ccccc2)cc1)C(Cl)Cl. The summed E-state index contributed by atoms with van der Waals surface area (Å²) in [6.45, 7) is 0.510. The van der Waals surface area contributed by atoms with E-state index < -0.39 is 10.9 Å². The van der Waals surface area contributed by atoms with Crippen LogP contribution in [0.25, 0.3) is 0 Å². The zero-order valence-electron chi connectivity index (χ0n) is 10.2. The lowest BCUT2D eigenvalue weighted by Crippen LogP contribution is -2.05. The summed E-state index contributed by atoms with van der Waals surface area (Å²) in [4.78, 5) is -0.837. The number of hydrogen-bond acceptors (Lipinski definition) is 2. The van der Waals surface area contributed by atoms with Crippen molar-refractivity contribution in [3.8, 4) is 5.75 Å². The van der Waals surface area contributed by atoms with Gasteiger partial charge in [-0.2, -0.15) is 0 Å². The van der Waals surface area contributed by atoms with Crippen LogP contribution in [0.5, 0.6) is 5.75 Å². The molecule has 0 saturated carbocycles. The standard InChI is InChI=1S/C15H14Cl2O2/c16-15(17)14(18)12-6-8-13(9-7-12)19-10-11-4-2-1-3-5-11/h1-9,14-15,18H,10H2. The smallest absolute Gasteiger partial charge is 0.137 e. The zero-order valence-corrected chi connectivity index (χ0v) is 11.7. The van der Waals surface area contributed by atoms with Crippen LogP contribution in [0, 0.1) is 0 Å². The molecule has 0 saturated heterocycles. The molecule has 19 heavy (non-hydrogen) atoms. The highest BCUT2D eigenvalue weighted by molar-refractivity contribution is 6.44. The lowest BCUT2D eigenvalue weighted by molar-refractivity contribution is 0.192.